The average Bonchev–Trinajstić information content (AvgIpc) is 2.44. The van der Waals surface area contributed by atoms with E-state index in [0.29, 0.717) is 15.6 Å². The summed E-state index contributed by atoms with van der Waals surface area (Å²) in [5, 5.41) is 3.26. The number of ether oxygens (including phenoxy) is 1. The predicted molar refractivity (Wildman–Crippen MR) is 81.9 cm³/mol. The highest BCUT2D eigenvalue weighted by atomic mass is 35.5. The molecular formula is C15H11Cl2F2NO2. The summed E-state index contributed by atoms with van der Waals surface area (Å²) in [5.41, 5.74) is 0.826. The van der Waals surface area contributed by atoms with E-state index >= 15 is 0 Å². The summed E-state index contributed by atoms with van der Waals surface area (Å²) >= 11 is 11.7. The molecule has 2 rings (SSSR count). The van der Waals surface area contributed by atoms with Crippen molar-refractivity contribution in [2.45, 2.75) is 13.0 Å². The highest BCUT2D eigenvalue weighted by molar-refractivity contribution is 6.42. The Balaban J connectivity index is 2.07. The first-order valence-corrected chi connectivity index (χ1v) is 6.99. The first kappa shape index (κ1) is 16.5. The summed E-state index contributed by atoms with van der Waals surface area (Å²) in [5.74, 6) is -0.483. The molecule has 3 nitrogen and oxygen atoms in total. The third-order valence-corrected chi connectivity index (χ3v) is 3.46. The SMILES string of the molecule is O=C(Cc1ccc(Cl)c(Cl)c1)Nc1ccccc1OC(F)F. The molecule has 0 aromatic heterocycles. The molecule has 116 valence electrons. The van der Waals surface area contributed by atoms with Gasteiger partial charge in [0, 0.05) is 0 Å². The van der Waals surface area contributed by atoms with E-state index in [1.807, 2.05) is 0 Å². The van der Waals surface area contributed by atoms with Crippen LogP contribution in [0, 0.1) is 0 Å². The molecule has 0 bridgehead atoms. The van der Waals surface area contributed by atoms with Crippen LogP contribution < -0.4 is 10.1 Å². The Bertz CT molecular complexity index is 680. The lowest BCUT2D eigenvalue weighted by Gasteiger charge is -2.11. The van der Waals surface area contributed by atoms with Crippen LogP contribution in [0.5, 0.6) is 5.75 Å². The van der Waals surface area contributed by atoms with Gasteiger partial charge in [0.25, 0.3) is 0 Å². The number of amides is 1. The van der Waals surface area contributed by atoms with Gasteiger partial charge in [0.05, 0.1) is 22.2 Å². The second-order valence-electron chi connectivity index (χ2n) is 4.35. The predicted octanol–water partition coefficient (Wildman–Crippen LogP) is 4.78. The lowest BCUT2D eigenvalue weighted by atomic mass is 10.1. The molecule has 1 N–H and O–H groups in total. The highest BCUT2D eigenvalue weighted by Crippen LogP contribution is 2.26. The minimum absolute atomic E-state index is 0.0277. The molecule has 0 aliphatic heterocycles. The van der Waals surface area contributed by atoms with Crippen LogP contribution in [-0.4, -0.2) is 12.5 Å². The molecular weight excluding hydrogens is 335 g/mol. The second kappa shape index (κ2) is 7.42. The van der Waals surface area contributed by atoms with E-state index in [9.17, 15) is 13.6 Å². The number of hydrogen-bond acceptors (Lipinski definition) is 2. The summed E-state index contributed by atoms with van der Waals surface area (Å²) in [6, 6.07) is 10.8. The van der Waals surface area contributed by atoms with Gasteiger partial charge < -0.3 is 10.1 Å². The Morgan fingerprint density at radius 2 is 1.86 bits per heavy atom. The van der Waals surface area contributed by atoms with Crippen LogP contribution >= 0.6 is 23.2 Å². The van der Waals surface area contributed by atoms with Gasteiger partial charge in [-0.05, 0) is 29.8 Å². The summed E-state index contributed by atoms with van der Waals surface area (Å²) < 4.78 is 29.0. The Morgan fingerprint density at radius 1 is 1.14 bits per heavy atom. The van der Waals surface area contributed by atoms with Gasteiger partial charge in [0.15, 0.2) is 0 Å². The number of anilines is 1. The van der Waals surface area contributed by atoms with E-state index in [1.54, 1.807) is 24.3 Å². The molecule has 22 heavy (non-hydrogen) atoms. The summed E-state index contributed by atoms with van der Waals surface area (Å²) in [4.78, 5) is 12.0. The molecule has 0 spiro atoms. The van der Waals surface area contributed by atoms with E-state index in [1.165, 1.54) is 18.2 Å². The number of benzene rings is 2. The maximum Gasteiger partial charge on any atom is 0.387 e. The van der Waals surface area contributed by atoms with E-state index in [-0.39, 0.29) is 23.8 Å². The van der Waals surface area contributed by atoms with Crippen molar-refractivity contribution in [2.75, 3.05) is 5.32 Å². The van der Waals surface area contributed by atoms with Crippen LogP contribution in [-0.2, 0) is 11.2 Å². The van der Waals surface area contributed by atoms with Crippen LogP contribution in [0.15, 0.2) is 42.5 Å². The molecule has 2 aromatic carbocycles. The number of carbonyl (C=O) groups is 1. The van der Waals surface area contributed by atoms with Crippen molar-refractivity contribution in [3.05, 3.63) is 58.1 Å². The average molecular weight is 346 g/mol. The van der Waals surface area contributed by atoms with Gasteiger partial charge in [-0.3, -0.25) is 4.79 Å². The van der Waals surface area contributed by atoms with Crippen molar-refractivity contribution >= 4 is 34.8 Å². The first-order valence-electron chi connectivity index (χ1n) is 6.23. The minimum atomic E-state index is -2.96. The topological polar surface area (TPSA) is 38.3 Å². The summed E-state index contributed by atoms with van der Waals surface area (Å²) in [7, 11) is 0. The number of rotatable bonds is 5. The number of halogens is 4. The van der Waals surface area contributed by atoms with Crippen molar-refractivity contribution in [3.8, 4) is 5.75 Å². The number of hydrogen-bond donors (Lipinski definition) is 1. The van der Waals surface area contributed by atoms with E-state index in [4.69, 9.17) is 23.2 Å². The van der Waals surface area contributed by atoms with Gasteiger partial charge in [-0.1, -0.05) is 41.4 Å². The van der Waals surface area contributed by atoms with Crippen molar-refractivity contribution in [1.82, 2.24) is 0 Å². The highest BCUT2D eigenvalue weighted by Gasteiger charge is 2.12. The molecule has 2 aromatic rings. The zero-order valence-electron chi connectivity index (χ0n) is 11.2. The third-order valence-electron chi connectivity index (χ3n) is 2.73. The van der Waals surface area contributed by atoms with Crippen LogP contribution in [0.4, 0.5) is 14.5 Å². The monoisotopic (exact) mass is 345 g/mol. The third kappa shape index (κ3) is 4.58. The van der Waals surface area contributed by atoms with Gasteiger partial charge >= 0.3 is 6.61 Å². The number of alkyl halides is 2. The van der Waals surface area contributed by atoms with E-state index < -0.39 is 6.61 Å². The Labute approximate surface area is 135 Å². The molecule has 0 atom stereocenters. The van der Waals surface area contributed by atoms with Crippen LogP contribution in [0.2, 0.25) is 10.0 Å². The largest absolute Gasteiger partial charge is 0.433 e. The molecule has 0 aliphatic carbocycles. The fraction of sp³-hybridized carbons (Fsp3) is 0.133. The minimum Gasteiger partial charge on any atom is -0.433 e. The van der Waals surface area contributed by atoms with E-state index in [2.05, 4.69) is 10.1 Å². The van der Waals surface area contributed by atoms with Crippen LogP contribution in [0.1, 0.15) is 5.56 Å². The zero-order valence-corrected chi connectivity index (χ0v) is 12.7. The smallest absolute Gasteiger partial charge is 0.387 e. The maximum absolute atomic E-state index is 12.3. The number of carbonyl (C=O) groups excluding carboxylic acids is 1. The summed E-state index contributed by atoms with van der Waals surface area (Å²) in [6.45, 7) is -2.96. The normalized spacial score (nSPS) is 10.6. The van der Waals surface area contributed by atoms with Gasteiger partial charge in [-0.25, -0.2) is 0 Å². The van der Waals surface area contributed by atoms with Gasteiger partial charge in [-0.15, -0.1) is 0 Å². The Morgan fingerprint density at radius 3 is 2.55 bits per heavy atom. The van der Waals surface area contributed by atoms with Crippen LogP contribution in [0.25, 0.3) is 0 Å². The quantitative estimate of drug-likeness (QED) is 0.847. The molecule has 0 saturated heterocycles. The first-order chi connectivity index (χ1) is 10.5. The standard InChI is InChI=1S/C15H11Cl2F2NO2/c16-10-6-5-9(7-11(10)17)8-14(21)20-12-3-1-2-4-13(12)22-15(18)19/h1-7,15H,8H2,(H,20,21). The van der Waals surface area contributed by atoms with Gasteiger partial charge in [0.2, 0.25) is 5.91 Å². The van der Waals surface area contributed by atoms with Gasteiger partial charge in [-0.2, -0.15) is 8.78 Å². The molecule has 0 aliphatic rings. The Hall–Kier alpha value is -1.85. The molecule has 0 saturated carbocycles. The number of para-hydroxylation sites is 2. The van der Waals surface area contributed by atoms with Crippen molar-refractivity contribution in [3.63, 3.8) is 0 Å². The second-order valence-corrected chi connectivity index (χ2v) is 5.16. The molecule has 1 amide bonds. The molecule has 0 heterocycles. The lowest BCUT2D eigenvalue weighted by Crippen LogP contribution is -2.15. The van der Waals surface area contributed by atoms with Gasteiger partial charge in [0.1, 0.15) is 5.75 Å². The Kier molecular flexibility index (Phi) is 5.57. The molecule has 0 radical (unpaired) electrons. The fourth-order valence-electron chi connectivity index (χ4n) is 1.80. The number of nitrogens with one attached hydrogen (secondary N) is 1. The zero-order chi connectivity index (χ0) is 16.1. The molecule has 7 heteroatoms. The fourth-order valence-corrected chi connectivity index (χ4v) is 2.12. The lowest BCUT2D eigenvalue weighted by molar-refractivity contribution is -0.115. The maximum atomic E-state index is 12.3. The molecule has 0 fully saturated rings. The summed E-state index contributed by atoms with van der Waals surface area (Å²) in [6.07, 6.45) is 0.0277. The van der Waals surface area contributed by atoms with Crippen molar-refractivity contribution in [2.24, 2.45) is 0 Å². The molecule has 0 unspecified atom stereocenters. The van der Waals surface area contributed by atoms with Crippen LogP contribution in [0.3, 0.4) is 0 Å². The van der Waals surface area contributed by atoms with Crippen molar-refractivity contribution in [1.29, 1.82) is 0 Å². The van der Waals surface area contributed by atoms with Crippen molar-refractivity contribution < 1.29 is 18.3 Å². The van der Waals surface area contributed by atoms with E-state index in [0.717, 1.165) is 0 Å².